The normalized spacial score (nSPS) is 14.9. The number of likely N-dealkylation sites (N-methyl/N-ethyl adjacent to an activating group) is 1. The number of amides is 1. The van der Waals surface area contributed by atoms with E-state index in [9.17, 15) is 4.79 Å². The Labute approximate surface area is 120 Å². The molecule has 0 saturated carbocycles. The molecule has 2 rings (SSSR count). The minimum absolute atomic E-state index is 0. The summed E-state index contributed by atoms with van der Waals surface area (Å²) >= 11 is 0. The Kier molecular flexibility index (Phi) is 5.20. The second kappa shape index (κ2) is 6.26. The van der Waals surface area contributed by atoms with Crippen LogP contribution in [0.1, 0.15) is 19.4 Å². The molecule has 0 fully saturated rings. The minimum Gasteiger partial charge on any atom is -0.374 e. The largest absolute Gasteiger partial charge is 0.374 e. The van der Waals surface area contributed by atoms with Gasteiger partial charge in [0.2, 0.25) is 5.91 Å². The van der Waals surface area contributed by atoms with Crippen LogP contribution in [0.15, 0.2) is 18.2 Å². The lowest BCUT2D eigenvalue weighted by atomic mass is 10.0. The molecule has 5 heteroatoms. The Hall–Kier alpha value is -1.26. The molecule has 4 nitrogen and oxygen atoms in total. The van der Waals surface area contributed by atoms with E-state index in [1.165, 1.54) is 11.3 Å². The van der Waals surface area contributed by atoms with Crippen LogP contribution in [0.4, 0.5) is 11.4 Å². The molecule has 0 saturated heterocycles. The van der Waals surface area contributed by atoms with Crippen LogP contribution in [0.3, 0.4) is 0 Å². The maximum absolute atomic E-state index is 11.9. The zero-order chi connectivity index (χ0) is 13.3. The third-order valence-corrected chi connectivity index (χ3v) is 3.50. The molecule has 19 heavy (non-hydrogen) atoms. The summed E-state index contributed by atoms with van der Waals surface area (Å²) in [5, 5.41) is 2.88. The smallest absolute Gasteiger partial charge is 0.241 e. The molecule has 1 aliphatic heterocycles. The van der Waals surface area contributed by atoms with Gasteiger partial charge >= 0.3 is 0 Å². The fourth-order valence-corrected chi connectivity index (χ4v) is 2.15. The number of rotatable bonds is 3. The van der Waals surface area contributed by atoms with Gasteiger partial charge in [-0.15, -0.1) is 12.4 Å². The second-order valence-electron chi connectivity index (χ2n) is 5.27. The number of carbonyl (C=O) groups excluding carboxylic acids is 1. The predicted molar refractivity (Wildman–Crippen MR) is 82.1 cm³/mol. The molecule has 1 aliphatic rings. The number of nitrogens with zero attached hydrogens (tertiary/aromatic N) is 1. The van der Waals surface area contributed by atoms with Crippen LogP contribution in [0.2, 0.25) is 0 Å². The molecule has 1 heterocycles. The van der Waals surface area contributed by atoms with E-state index in [4.69, 9.17) is 5.73 Å². The molecule has 0 aromatic heterocycles. The summed E-state index contributed by atoms with van der Waals surface area (Å²) in [4.78, 5) is 14.1. The van der Waals surface area contributed by atoms with E-state index < -0.39 is 6.04 Å². The summed E-state index contributed by atoms with van der Waals surface area (Å²) in [6.07, 6.45) is 1.07. The molecule has 0 unspecified atom stereocenters. The standard InChI is InChI=1S/C14H21N3O.ClH/c1-9(2)13(15)14(18)16-11-5-4-10-6-7-17(3)12(10)8-11;/h4-5,8-9,13H,6-7,15H2,1-3H3,(H,16,18);1H/t13-;/m0./s1. The highest BCUT2D eigenvalue weighted by atomic mass is 35.5. The van der Waals surface area contributed by atoms with Crippen molar-refractivity contribution < 1.29 is 4.79 Å². The first-order valence-electron chi connectivity index (χ1n) is 6.39. The summed E-state index contributed by atoms with van der Waals surface area (Å²) < 4.78 is 0. The maximum atomic E-state index is 11.9. The zero-order valence-electron chi connectivity index (χ0n) is 11.6. The number of benzene rings is 1. The van der Waals surface area contributed by atoms with Crippen LogP contribution in [0.25, 0.3) is 0 Å². The molecule has 0 radical (unpaired) electrons. The van der Waals surface area contributed by atoms with E-state index >= 15 is 0 Å². The number of fused-ring (bicyclic) bond motifs is 1. The van der Waals surface area contributed by atoms with Crippen LogP contribution in [-0.2, 0) is 11.2 Å². The van der Waals surface area contributed by atoms with Crippen LogP contribution in [0, 0.1) is 5.92 Å². The van der Waals surface area contributed by atoms with E-state index in [-0.39, 0.29) is 24.2 Å². The van der Waals surface area contributed by atoms with Crippen molar-refractivity contribution in [2.45, 2.75) is 26.3 Å². The quantitative estimate of drug-likeness (QED) is 0.892. The van der Waals surface area contributed by atoms with Crippen LogP contribution in [-0.4, -0.2) is 25.5 Å². The van der Waals surface area contributed by atoms with Gasteiger partial charge < -0.3 is 16.0 Å². The summed E-state index contributed by atoms with van der Waals surface area (Å²) in [5.41, 5.74) is 9.18. The van der Waals surface area contributed by atoms with E-state index in [2.05, 4.69) is 23.3 Å². The third kappa shape index (κ3) is 3.39. The van der Waals surface area contributed by atoms with E-state index in [1.807, 2.05) is 26.0 Å². The van der Waals surface area contributed by atoms with Crippen molar-refractivity contribution in [2.24, 2.45) is 11.7 Å². The lowest BCUT2D eigenvalue weighted by Gasteiger charge is -2.17. The van der Waals surface area contributed by atoms with Crippen molar-refractivity contribution in [1.82, 2.24) is 0 Å². The van der Waals surface area contributed by atoms with Gasteiger partial charge in [-0.3, -0.25) is 4.79 Å². The lowest BCUT2D eigenvalue weighted by molar-refractivity contribution is -0.118. The van der Waals surface area contributed by atoms with Gasteiger partial charge in [0.05, 0.1) is 6.04 Å². The summed E-state index contributed by atoms with van der Waals surface area (Å²) in [5.74, 6) is 0.0210. The van der Waals surface area contributed by atoms with E-state index in [0.29, 0.717) is 0 Å². The van der Waals surface area contributed by atoms with Crippen molar-refractivity contribution >= 4 is 29.7 Å². The van der Waals surface area contributed by atoms with Gasteiger partial charge in [0.25, 0.3) is 0 Å². The minimum atomic E-state index is -0.462. The Bertz CT molecular complexity index is 462. The Morgan fingerprint density at radius 2 is 2.11 bits per heavy atom. The Balaban J connectivity index is 0.00000180. The number of nitrogens with two attached hydrogens (primary N) is 1. The number of nitrogens with one attached hydrogen (secondary N) is 1. The van der Waals surface area contributed by atoms with Crippen molar-refractivity contribution in [1.29, 1.82) is 0 Å². The molecule has 1 aromatic rings. The molecular weight excluding hydrogens is 262 g/mol. The van der Waals surface area contributed by atoms with Gasteiger partial charge in [-0.1, -0.05) is 19.9 Å². The average molecular weight is 284 g/mol. The first-order chi connectivity index (χ1) is 8.49. The topological polar surface area (TPSA) is 58.4 Å². The van der Waals surface area contributed by atoms with Crippen molar-refractivity contribution in [3.63, 3.8) is 0 Å². The molecule has 0 aliphatic carbocycles. The third-order valence-electron chi connectivity index (χ3n) is 3.50. The van der Waals surface area contributed by atoms with Crippen LogP contribution in [0.5, 0.6) is 0 Å². The zero-order valence-corrected chi connectivity index (χ0v) is 12.5. The van der Waals surface area contributed by atoms with Gasteiger partial charge in [-0.2, -0.15) is 0 Å². The fraction of sp³-hybridized carbons (Fsp3) is 0.500. The van der Waals surface area contributed by atoms with Crippen molar-refractivity contribution in [3.05, 3.63) is 23.8 Å². The van der Waals surface area contributed by atoms with Gasteiger partial charge in [0.15, 0.2) is 0 Å². The Morgan fingerprint density at radius 3 is 2.74 bits per heavy atom. The molecule has 1 aromatic carbocycles. The number of halogens is 1. The van der Waals surface area contributed by atoms with Gasteiger partial charge in [-0.05, 0) is 30.0 Å². The SMILES string of the molecule is CC(C)[C@H](N)C(=O)Nc1ccc2c(c1)N(C)CC2.Cl. The summed E-state index contributed by atoms with van der Waals surface area (Å²) in [6.45, 7) is 4.93. The second-order valence-corrected chi connectivity index (χ2v) is 5.27. The maximum Gasteiger partial charge on any atom is 0.241 e. The van der Waals surface area contributed by atoms with Crippen molar-refractivity contribution in [2.75, 3.05) is 23.8 Å². The molecule has 0 bridgehead atoms. The van der Waals surface area contributed by atoms with Gasteiger partial charge in [0, 0.05) is 25.0 Å². The molecule has 0 spiro atoms. The van der Waals surface area contributed by atoms with E-state index in [1.54, 1.807) is 0 Å². The van der Waals surface area contributed by atoms with Crippen LogP contribution < -0.4 is 16.0 Å². The molecular formula is C14H22ClN3O. The fourth-order valence-electron chi connectivity index (χ4n) is 2.15. The molecule has 3 N–H and O–H groups in total. The van der Waals surface area contributed by atoms with Gasteiger partial charge in [0.1, 0.15) is 0 Å². The monoisotopic (exact) mass is 283 g/mol. The Morgan fingerprint density at radius 1 is 1.42 bits per heavy atom. The first-order valence-corrected chi connectivity index (χ1v) is 6.39. The summed E-state index contributed by atoms with van der Waals surface area (Å²) in [7, 11) is 2.07. The first kappa shape index (κ1) is 15.8. The highest BCUT2D eigenvalue weighted by molar-refractivity contribution is 5.95. The average Bonchev–Trinajstić information content (AvgIpc) is 2.70. The van der Waals surface area contributed by atoms with Crippen molar-refractivity contribution in [3.8, 4) is 0 Å². The van der Waals surface area contributed by atoms with Gasteiger partial charge in [-0.25, -0.2) is 0 Å². The number of anilines is 2. The predicted octanol–water partition coefficient (Wildman–Crippen LogP) is 2.02. The van der Waals surface area contributed by atoms with Crippen LogP contribution >= 0.6 is 12.4 Å². The number of hydrogen-bond donors (Lipinski definition) is 2. The number of carbonyl (C=O) groups is 1. The molecule has 106 valence electrons. The molecule has 1 amide bonds. The lowest BCUT2D eigenvalue weighted by Crippen LogP contribution is -2.39. The van der Waals surface area contributed by atoms with E-state index in [0.717, 1.165) is 18.7 Å². The summed E-state index contributed by atoms with van der Waals surface area (Å²) in [6, 6.07) is 5.59. The highest BCUT2D eigenvalue weighted by Gasteiger charge is 2.19. The highest BCUT2D eigenvalue weighted by Crippen LogP contribution is 2.29. The molecule has 1 atom stereocenters. The number of hydrogen-bond acceptors (Lipinski definition) is 3.